The molecular weight excluding hydrogens is 299 g/mol. The minimum Gasteiger partial charge on any atom is -0.309 e. The molecule has 0 atom stereocenters. The molecule has 1 N–H and O–H groups in total. The summed E-state index contributed by atoms with van der Waals surface area (Å²) in [7, 11) is 0. The van der Waals surface area contributed by atoms with Gasteiger partial charge in [-0.05, 0) is 17.2 Å². The maximum absolute atomic E-state index is 10.5. The maximum atomic E-state index is 10.5. The van der Waals surface area contributed by atoms with Gasteiger partial charge in [0, 0.05) is 30.2 Å². The van der Waals surface area contributed by atoms with Crippen molar-refractivity contribution in [3.63, 3.8) is 0 Å². The zero-order valence-electron chi connectivity index (χ0n) is 10.6. The lowest BCUT2D eigenvalue weighted by Crippen LogP contribution is -2.12. The Bertz CT molecular complexity index is 574. The fourth-order valence-corrected chi connectivity index (χ4v) is 1.92. The fraction of sp³-hybridized carbons (Fsp3) is 0.143. The average molecular weight is 313 g/mol. The number of hydrogen-bond acceptors (Lipinski definition) is 3. The Morgan fingerprint density at radius 2 is 1.70 bits per heavy atom. The number of nitrogens with zero attached hydrogens (tertiary/aromatic N) is 1. The molecule has 0 saturated heterocycles. The highest BCUT2D eigenvalue weighted by atomic mass is 35.5. The van der Waals surface area contributed by atoms with Crippen LogP contribution >= 0.6 is 24.0 Å². The first kappa shape index (κ1) is 16.4. The molecule has 0 aliphatic heterocycles. The van der Waals surface area contributed by atoms with Gasteiger partial charge in [0.05, 0.1) is 4.92 Å². The molecule has 0 bridgehead atoms. The summed E-state index contributed by atoms with van der Waals surface area (Å²) in [4.78, 5) is 10.1. The van der Waals surface area contributed by atoms with Crippen LogP contribution in [0.3, 0.4) is 0 Å². The van der Waals surface area contributed by atoms with Crippen molar-refractivity contribution in [3.05, 3.63) is 74.8 Å². The van der Waals surface area contributed by atoms with E-state index in [1.807, 2.05) is 24.3 Å². The normalized spacial score (nSPS) is 9.85. The number of benzene rings is 2. The van der Waals surface area contributed by atoms with Crippen molar-refractivity contribution >= 4 is 29.7 Å². The van der Waals surface area contributed by atoms with Crippen molar-refractivity contribution in [1.29, 1.82) is 0 Å². The largest absolute Gasteiger partial charge is 0.309 e. The third-order valence-corrected chi connectivity index (χ3v) is 3.12. The molecule has 2 aromatic rings. The van der Waals surface area contributed by atoms with Crippen molar-refractivity contribution in [2.24, 2.45) is 0 Å². The number of non-ortho nitro benzene ring substituents is 1. The first-order valence-electron chi connectivity index (χ1n) is 5.84. The molecule has 4 nitrogen and oxygen atoms in total. The van der Waals surface area contributed by atoms with Crippen molar-refractivity contribution in [2.75, 3.05) is 0 Å². The van der Waals surface area contributed by atoms with Gasteiger partial charge in [0.1, 0.15) is 0 Å². The van der Waals surface area contributed by atoms with Crippen LogP contribution in [-0.4, -0.2) is 4.92 Å². The summed E-state index contributed by atoms with van der Waals surface area (Å²) in [5.74, 6) is 0. The van der Waals surface area contributed by atoms with Crippen LogP contribution in [0.1, 0.15) is 11.1 Å². The average Bonchev–Trinajstić information content (AvgIpc) is 2.41. The minimum atomic E-state index is -0.402. The SMILES string of the molecule is Cl.O=[N+]([O-])c1ccc(CNCc2ccccc2Cl)cc1. The molecule has 2 aromatic carbocycles. The summed E-state index contributed by atoms with van der Waals surface area (Å²) in [6.07, 6.45) is 0. The smallest absolute Gasteiger partial charge is 0.269 e. The van der Waals surface area contributed by atoms with Crippen LogP contribution in [-0.2, 0) is 13.1 Å². The Hall–Kier alpha value is -1.62. The fourth-order valence-electron chi connectivity index (χ4n) is 1.72. The molecule has 0 amide bonds. The number of rotatable bonds is 5. The molecule has 0 saturated carbocycles. The Balaban J connectivity index is 0.00000200. The number of nitro benzene ring substituents is 1. The van der Waals surface area contributed by atoms with Gasteiger partial charge in [0.25, 0.3) is 5.69 Å². The predicted molar refractivity (Wildman–Crippen MR) is 82.3 cm³/mol. The molecule has 0 aromatic heterocycles. The molecule has 0 radical (unpaired) electrons. The van der Waals surface area contributed by atoms with E-state index in [4.69, 9.17) is 11.6 Å². The van der Waals surface area contributed by atoms with Crippen LogP contribution < -0.4 is 5.32 Å². The van der Waals surface area contributed by atoms with Gasteiger partial charge < -0.3 is 5.32 Å². The number of hydrogen-bond donors (Lipinski definition) is 1. The van der Waals surface area contributed by atoms with E-state index in [9.17, 15) is 10.1 Å². The van der Waals surface area contributed by atoms with Gasteiger partial charge in [-0.2, -0.15) is 0 Å². The molecule has 0 spiro atoms. The third kappa shape index (κ3) is 4.49. The van der Waals surface area contributed by atoms with Crippen LogP contribution in [0.4, 0.5) is 5.69 Å². The molecule has 106 valence electrons. The van der Waals surface area contributed by atoms with Crippen molar-refractivity contribution in [2.45, 2.75) is 13.1 Å². The molecule has 0 unspecified atom stereocenters. The van der Waals surface area contributed by atoms with Crippen LogP contribution in [0.25, 0.3) is 0 Å². The van der Waals surface area contributed by atoms with E-state index in [1.54, 1.807) is 12.1 Å². The van der Waals surface area contributed by atoms with Crippen molar-refractivity contribution in [3.8, 4) is 0 Å². The van der Waals surface area contributed by atoms with Crippen LogP contribution in [0.15, 0.2) is 48.5 Å². The lowest BCUT2D eigenvalue weighted by Gasteiger charge is -2.06. The molecule has 0 aliphatic carbocycles. The first-order chi connectivity index (χ1) is 9.16. The molecule has 2 rings (SSSR count). The van der Waals surface area contributed by atoms with E-state index < -0.39 is 4.92 Å². The van der Waals surface area contributed by atoms with Gasteiger partial charge in [-0.15, -0.1) is 12.4 Å². The molecule has 6 heteroatoms. The van der Waals surface area contributed by atoms with Crippen LogP contribution in [0, 0.1) is 10.1 Å². The van der Waals surface area contributed by atoms with E-state index in [0.29, 0.717) is 13.1 Å². The Labute approximate surface area is 128 Å². The Kier molecular flexibility index (Phi) is 6.45. The van der Waals surface area contributed by atoms with E-state index >= 15 is 0 Å². The summed E-state index contributed by atoms with van der Waals surface area (Å²) >= 11 is 6.05. The Morgan fingerprint density at radius 1 is 1.05 bits per heavy atom. The van der Waals surface area contributed by atoms with E-state index in [2.05, 4.69) is 5.32 Å². The molecule has 0 aliphatic rings. The summed E-state index contributed by atoms with van der Waals surface area (Å²) in [5.41, 5.74) is 2.14. The number of halogens is 2. The second kappa shape index (κ2) is 7.85. The molecular formula is C14H14Cl2N2O2. The van der Waals surface area contributed by atoms with Crippen LogP contribution in [0.5, 0.6) is 0 Å². The molecule has 20 heavy (non-hydrogen) atoms. The zero-order valence-corrected chi connectivity index (χ0v) is 12.2. The monoisotopic (exact) mass is 312 g/mol. The summed E-state index contributed by atoms with van der Waals surface area (Å²) < 4.78 is 0. The highest BCUT2D eigenvalue weighted by molar-refractivity contribution is 6.31. The highest BCUT2D eigenvalue weighted by Crippen LogP contribution is 2.15. The number of nitro groups is 1. The first-order valence-corrected chi connectivity index (χ1v) is 6.22. The van der Waals surface area contributed by atoms with Crippen LogP contribution in [0.2, 0.25) is 5.02 Å². The van der Waals surface area contributed by atoms with Gasteiger partial charge in [-0.25, -0.2) is 0 Å². The lowest BCUT2D eigenvalue weighted by molar-refractivity contribution is -0.384. The van der Waals surface area contributed by atoms with Crippen molar-refractivity contribution in [1.82, 2.24) is 5.32 Å². The van der Waals surface area contributed by atoms with Crippen molar-refractivity contribution < 1.29 is 4.92 Å². The lowest BCUT2D eigenvalue weighted by atomic mass is 10.2. The van der Waals surface area contributed by atoms with E-state index in [1.165, 1.54) is 12.1 Å². The predicted octanol–water partition coefficient (Wildman–Crippen LogP) is 3.96. The Morgan fingerprint density at radius 3 is 2.30 bits per heavy atom. The summed E-state index contributed by atoms with van der Waals surface area (Å²) in [6, 6.07) is 14.2. The second-order valence-electron chi connectivity index (χ2n) is 4.12. The highest BCUT2D eigenvalue weighted by Gasteiger charge is 2.04. The molecule has 0 fully saturated rings. The third-order valence-electron chi connectivity index (χ3n) is 2.75. The van der Waals surface area contributed by atoms with Gasteiger partial charge in [0.2, 0.25) is 0 Å². The molecule has 0 heterocycles. The topological polar surface area (TPSA) is 55.2 Å². The summed E-state index contributed by atoms with van der Waals surface area (Å²) in [5, 5.41) is 14.5. The second-order valence-corrected chi connectivity index (χ2v) is 4.53. The zero-order chi connectivity index (χ0) is 13.7. The summed E-state index contributed by atoms with van der Waals surface area (Å²) in [6.45, 7) is 1.31. The maximum Gasteiger partial charge on any atom is 0.269 e. The van der Waals surface area contributed by atoms with E-state index in [-0.39, 0.29) is 18.1 Å². The standard InChI is InChI=1S/C14H13ClN2O2.ClH/c15-14-4-2-1-3-12(14)10-16-9-11-5-7-13(8-6-11)17(18)19;/h1-8,16H,9-10H2;1H. The quantitative estimate of drug-likeness (QED) is 0.671. The number of nitrogens with one attached hydrogen (secondary N) is 1. The van der Waals surface area contributed by atoms with Gasteiger partial charge in [-0.1, -0.05) is 41.9 Å². The minimum absolute atomic E-state index is 0. The van der Waals surface area contributed by atoms with Gasteiger partial charge in [0.15, 0.2) is 0 Å². The van der Waals surface area contributed by atoms with Gasteiger partial charge in [-0.3, -0.25) is 10.1 Å². The van der Waals surface area contributed by atoms with Gasteiger partial charge >= 0.3 is 0 Å². The van der Waals surface area contributed by atoms with E-state index in [0.717, 1.165) is 16.1 Å².